The molecule has 6 fully saturated rings. The normalized spacial score (nSPS) is 54.8. The third-order valence-electron chi connectivity index (χ3n) is 9.49. The molecule has 0 aromatic heterocycles. The Morgan fingerprint density at radius 2 is 1.84 bits per heavy atom. The van der Waals surface area contributed by atoms with Gasteiger partial charge in [-0.25, -0.2) is 0 Å². The number of hydrogen-bond donors (Lipinski definition) is 4. The summed E-state index contributed by atoms with van der Waals surface area (Å²) in [7, 11) is 0. The molecule has 4 N–H and O–H groups in total. The summed E-state index contributed by atoms with van der Waals surface area (Å²) in [5, 5.41) is 46.7. The number of aliphatic hydroxyl groups is 4. The number of ether oxygens (including phenoxy) is 2. The van der Waals surface area contributed by atoms with Crippen molar-refractivity contribution in [3.05, 3.63) is 12.2 Å². The molecule has 0 aromatic carbocycles. The van der Waals surface area contributed by atoms with Crippen molar-refractivity contribution < 1.29 is 34.7 Å². The van der Waals surface area contributed by atoms with Gasteiger partial charge in [0, 0.05) is 11.8 Å². The molecule has 174 valence electrons. The van der Waals surface area contributed by atoms with E-state index in [2.05, 4.69) is 6.58 Å². The van der Waals surface area contributed by atoms with Crippen molar-refractivity contribution >= 4 is 5.78 Å². The first kappa shape index (κ1) is 22.0. The molecule has 4 bridgehead atoms. The minimum absolute atomic E-state index is 0.190. The standard InChI is InChI=1S/C24H36O7/c1-11(2)10-30-20-22-14-7-6-13-12(3)17(26)23(14,18(13)27)24(29,31-20)19(28)16(22)21(4,5)9-8-15(22)25/h11,13-16,18-20,25,27-29H,3,6-10H2,1-2,4-5H3. The minimum Gasteiger partial charge on any atom is -0.392 e. The van der Waals surface area contributed by atoms with E-state index in [1.807, 2.05) is 27.7 Å². The summed E-state index contributed by atoms with van der Waals surface area (Å²) in [5.74, 6) is -4.17. The van der Waals surface area contributed by atoms with E-state index in [0.717, 1.165) is 0 Å². The average Bonchev–Trinajstić information content (AvgIpc) is 2.80. The lowest BCUT2D eigenvalue weighted by atomic mass is 9.35. The van der Waals surface area contributed by atoms with Crippen LogP contribution in [-0.4, -0.2) is 63.2 Å². The summed E-state index contributed by atoms with van der Waals surface area (Å²) in [6.45, 7) is 12.3. The Kier molecular flexibility index (Phi) is 4.53. The first-order chi connectivity index (χ1) is 14.4. The van der Waals surface area contributed by atoms with Gasteiger partial charge in [-0.2, -0.15) is 0 Å². The van der Waals surface area contributed by atoms with Crippen LogP contribution >= 0.6 is 0 Å². The predicted octanol–water partition coefficient (Wildman–Crippen LogP) is 1.37. The van der Waals surface area contributed by atoms with E-state index in [1.54, 1.807) is 0 Å². The Labute approximate surface area is 183 Å². The molecule has 2 heterocycles. The van der Waals surface area contributed by atoms with Gasteiger partial charge in [0.25, 0.3) is 0 Å². The molecule has 2 saturated heterocycles. The molecule has 7 nitrogen and oxygen atoms in total. The van der Waals surface area contributed by atoms with Crippen molar-refractivity contribution in [2.24, 2.45) is 39.9 Å². The first-order valence-electron chi connectivity index (χ1n) is 11.7. The molecule has 10 atom stereocenters. The molecular weight excluding hydrogens is 400 g/mol. The molecule has 10 unspecified atom stereocenters. The highest BCUT2D eigenvalue weighted by atomic mass is 16.8. The number of Topliss-reactive ketones (excluding diaryl/α,β-unsaturated/α-hetero) is 1. The highest BCUT2D eigenvalue weighted by Crippen LogP contribution is 2.78. The van der Waals surface area contributed by atoms with E-state index in [4.69, 9.17) is 9.47 Å². The topological polar surface area (TPSA) is 116 Å². The lowest BCUT2D eigenvalue weighted by molar-refractivity contribution is -0.512. The lowest BCUT2D eigenvalue weighted by Crippen LogP contribution is -2.88. The number of aliphatic hydroxyl groups excluding tert-OH is 3. The van der Waals surface area contributed by atoms with Crippen molar-refractivity contribution in [2.45, 2.75) is 83.8 Å². The van der Waals surface area contributed by atoms with E-state index < -0.39 is 70.2 Å². The second-order valence-electron chi connectivity index (χ2n) is 11.7. The van der Waals surface area contributed by atoms with Crippen molar-refractivity contribution in [1.29, 1.82) is 0 Å². The van der Waals surface area contributed by atoms with Gasteiger partial charge in [0.05, 0.1) is 24.2 Å². The Hall–Kier alpha value is -0.830. The predicted molar refractivity (Wildman–Crippen MR) is 110 cm³/mol. The fourth-order valence-electron chi connectivity index (χ4n) is 8.39. The van der Waals surface area contributed by atoms with Crippen LogP contribution in [0.25, 0.3) is 0 Å². The Morgan fingerprint density at radius 3 is 2.48 bits per heavy atom. The van der Waals surface area contributed by atoms with Crippen molar-refractivity contribution in [2.75, 3.05) is 6.61 Å². The first-order valence-corrected chi connectivity index (χ1v) is 11.7. The zero-order valence-electron chi connectivity index (χ0n) is 18.9. The number of carbonyl (C=O) groups is 1. The monoisotopic (exact) mass is 436 g/mol. The summed E-state index contributed by atoms with van der Waals surface area (Å²) in [6.07, 6.45) is -2.34. The molecular formula is C24H36O7. The number of rotatable bonds is 3. The minimum atomic E-state index is -2.31. The second-order valence-corrected chi connectivity index (χ2v) is 11.7. The number of carbonyl (C=O) groups excluding carboxylic acids is 1. The summed E-state index contributed by atoms with van der Waals surface area (Å²) in [5.41, 5.74) is -3.01. The van der Waals surface area contributed by atoms with Crippen molar-refractivity contribution in [1.82, 2.24) is 0 Å². The Balaban J connectivity index is 1.78. The van der Waals surface area contributed by atoms with Gasteiger partial charge in [-0.1, -0.05) is 34.3 Å². The second kappa shape index (κ2) is 6.39. The molecule has 0 amide bonds. The van der Waals surface area contributed by atoms with Gasteiger partial charge in [0.2, 0.25) is 5.79 Å². The number of ketones is 1. The van der Waals surface area contributed by atoms with Gasteiger partial charge in [0.1, 0.15) is 11.5 Å². The molecule has 0 aromatic rings. The molecule has 4 saturated carbocycles. The number of hydrogen-bond acceptors (Lipinski definition) is 7. The summed E-state index contributed by atoms with van der Waals surface area (Å²) in [4.78, 5) is 13.7. The van der Waals surface area contributed by atoms with Gasteiger partial charge in [0.15, 0.2) is 12.1 Å². The lowest BCUT2D eigenvalue weighted by Gasteiger charge is -2.76. The Morgan fingerprint density at radius 1 is 1.16 bits per heavy atom. The van der Waals surface area contributed by atoms with E-state index in [0.29, 0.717) is 32.3 Å². The average molecular weight is 437 g/mol. The van der Waals surface area contributed by atoms with Crippen LogP contribution in [0.1, 0.15) is 53.4 Å². The van der Waals surface area contributed by atoms with Crippen LogP contribution in [0.5, 0.6) is 0 Å². The molecule has 4 aliphatic carbocycles. The maximum absolute atomic E-state index is 13.7. The fraction of sp³-hybridized carbons (Fsp3) is 0.875. The van der Waals surface area contributed by atoms with Crippen LogP contribution in [-0.2, 0) is 14.3 Å². The third kappa shape index (κ3) is 2.19. The molecule has 6 aliphatic rings. The molecule has 2 aliphatic heterocycles. The van der Waals surface area contributed by atoms with Gasteiger partial charge in [-0.05, 0) is 48.5 Å². The number of fused-ring (bicyclic) bond motifs is 2. The highest BCUT2D eigenvalue weighted by Gasteiger charge is 2.89. The van der Waals surface area contributed by atoms with Gasteiger partial charge in [-0.3, -0.25) is 4.79 Å². The van der Waals surface area contributed by atoms with Crippen molar-refractivity contribution in [3.63, 3.8) is 0 Å². The molecule has 6 rings (SSSR count). The summed E-state index contributed by atoms with van der Waals surface area (Å²) < 4.78 is 12.3. The van der Waals surface area contributed by atoms with Crippen LogP contribution < -0.4 is 0 Å². The molecule has 7 heteroatoms. The van der Waals surface area contributed by atoms with E-state index in [-0.39, 0.29) is 11.5 Å². The smallest absolute Gasteiger partial charge is 0.211 e. The van der Waals surface area contributed by atoms with Crippen LogP contribution in [0, 0.1) is 39.9 Å². The summed E-state index contributed by atoms with van der Waals surface area (Å²) in [6, 6.07) is 0. The maximum Gasteiger partial charge on any atom is 0.211 e. The third-order valence-corrected chi connectivity index (χ3v) is 9.49. The summed E-state index contributed by atoms with van der Waals surface area (Å²) >= 11 is 0. The fourth-order valence-corrected chi connectivity index (χ4v) is 8.39. The zero-order valence-corrected chi connectivity index (χ0v) is 18.9. The van der Waals surface area contributed by atoms with Crippen LogP contribution in [0.3, 0.4) is 0 Å². The van der Waals surface area contributed by atoms with E-state index in [1.165, 1.54) is 0 Å². The van der Waals surface area contributed by atoms with E-state index in [9.17, 15) is 25.2 Å². The molecule has 31 heavy (non-hydrogen) atoms. The van der Waals surface area contributed by atoms with Gasteiger partial charge >= 0.3 is 0 Å². The quantitative estimate of drug-likeness (QED) is 0.494. The van der Waals surface area contributed by atoms with Gasteiger partial charge in [-0.15, -0.1) is 0 Å². The highest BCUT2D eigenvalue weighted by molar-refractivity contribution is 6.05. The molecule has 0 radical (unpaired) electrons. The van der Waals surface area contributed by atoms with E-state index >= 15 is 0 Å². The van der Waals surface area contributed by atoms with Gasteiger partial charge < -0.3 is 29.9 Å². The Bertz CT molecular complexity index is 823. The SMILES string of the molecule is C=C1C(=O)C23C(O)C1CCC2C12C(O)CCC(C)(C)C1C(O)C3(O)OC2OCC(C)C. The zero-order chi connectivity index (χ0) is 22.7. The largest absolute Gasteiger partial charge is 0.392 e. The van der Waals surface area contributed by atoms with Crippen LogP contribution in [0.4, 0.5) is 0 Å². The van der Waals surface area contributed by atoms with Crippen molar-refractivity contribution in [3.8, 4) is 0 Å². The van der Waals surface area contributed by atoms with Crippen LogP contribution in [0.15, 0.2) is 12.2 Å². The molecule has 2 spiro atoms. The maximum atomic E-state index is 13.7. The van der Waals surface area contributed by atoms with Crippen LogP contribution in [0.2, 0.25) is 0 Å².